The fraction of sp³-hybridized carbons (Fsp3) is 0.105. The van der Waals surface area contributed by atoms with Gasteiger partial charge in [0.2, 0.25) is 0 Å². The van der Waals surface area contributed by atoms with Crippen LogP contribution in [0.25, 0.3) is 6.08 Å². The molecule has 0 unspecified atom stereocenters. The van der Waals surface area contributed by atoms with Gasteiger partial charge in [-0.15, -0.1) is 0 Å². The van der Waals surface area contributed by atoms with Crippen LogP contribution in [-0.2, 0) is 9.59 Å². The summed E-state index contributed by atoms with van der Waals surface area (Å²) in [6, 6.07) is 12.1. The van der Waals surface area contributed by atoms with Gasteiger partial charge in [-0.2, -0.15) is 5.26 Å². The molecular weight excluding hydrogens is 350 g/mol. The Morgan fingerprint density at radius 3 is 2.41 bits per heavy atom. The van der Waals surface area contributed by atoms with Crippen LogP contribution in [0.3, 0.4) is 0 Å². The quantitative estimate of drug-likeness (QED) is 0.216. The molecule has 0 atom stereocenters. The molecule has 8 nitrogen and oxygen atoms in total. The second-order valence-electron chi connectivity index (χ2n) is 5.54. The van der Waals surface area contributed by atoms with Gasteiger partial charge in [0.1, 0.15) is 17.4 Å². The number of nitriles is 1. The molecule has 136 valence electrons. The van der Waals surface area contributed by atoms with Crippen molar-refractivity contribution in [3.05, 3.63) is 69.3 Å². The van der Waals surface area contributed by atoms with Crippen LogP contribution in [0, 0.1) is 28.4 Å². The Morgan fingerprint density at radius 1 is 1.22 bits per heavy atom. The number of rotatable bonds is 5. The van der Waals surface area contributed by atoms with Crippen molar-refractivity contribution in [1.82, 2.24) is 0 Å². The summed E-state index contributed by atoms with van der Waals surface area (Å²) in [5.41, 5.74) is 1.21. The van der Waals surface area contributed by atoms with E-state index in [1.54, 1.807) is 31.2 Å². The summed E-state index contributed by atoms with van der Waals surface area (Å²) >= 11 is 0. The Bertz CT molecular complexity index is 972. The van der Waals surface area contributed by atoms with Crippen LogP contribution in [0.1, 0.15) is 18.1 Å². The number of ether oxygens (including phenoxy) is 1. The van der Waals surface area contributed by atoms with Gasteiger partial charge < -0.3 is 10.1 Å². The molecule has 2 aromatic carbocycles. The van der Waals surface area contributed by atoms with Crippen LogP contribution in [0.4, 0.5) is 11.4 Å². The first-order chi connectivity index (χ1) is 12.8. The van der Waals surface area contributed by atoms with Crippen molar-refractivity contribution in [1.29, 1.82) is 5.26 Å². The number of nitro benzene ring substituents is 1. The van der Waals surface area contributed by atoms with E-state index >= 15 is 0 Å². The van der Waals surface area contributed by atoms with Crippen LogP contribution in [0.2, 0.25) is 0 Å². The first-order valence-electron chi connectivity index (χ1n) is 7.77. The Labute approximate surface area is 154 Å². The number of amides is 1. The van der Waals surface area contributed by atoms with Gasteiger partial charge in [0.25, 0.3) is 11.6 Å². The highest BCUT2D eigenvalue weighted by Gasteiger charge is 2.13. The second kappa shape index (κ2) is 8.40. The van der Waals surface area contributed by atoms with Gasteiger partial charge in [-0.3, -0.25) is 19.7 Å². The van der Waals surface area contributed by atoms with E-state index in [2.05, 4.69) is 5.32 Å². The Balaban J connectivity index is 2.18. The van der Waals surface area contributed by atoms with Crippen molar-refractivity contribution in [2.75, 3.05) is 5.32 Å². The van der Waals surface area contributed by atoms with Gasteiger partial charge in [0.05, 0.1) is 4.92 Å². The number of hydrogen-bond donors (Lipinski definition) is 1. The van der Waals surface area contributed by atoms with E-state index in [0.29, 0.717) is 22.6 Å². The number of nitro groups is 1. The summed E-state index contributed by atoms with van der Waals surface area (Å²) in [6.45, 7) is 2.90. The van der Waals surface area contributed by atoms with Gasteiger partial charge in [-0.1, -0.05) is 12.1 Å². The number of carbonyl (C=O) groups excluding carboxylic acids is 2. The third-order valence-corrected chi connectivity index (χ3v) is 3.49. The third kappa shape index (κ3) is 5.24. The van der Waals surface area contributed by atoms with E-state index in [4.69, 9.17) is 4.74 Å². The minimum Gasteiger partial charge on any atom is -0.427 e. The Kier molecular flexibility index (Phi) is 6.02. The fourth-order valence-electron chi connectivity index (χ4n) is 2.20. The van der Waals surface area contributed by atoms with Crippen molar-refractivity contribution >= 4 is 29.3 Å². The molecule has 27 heavy (non-hydrogen) atoms. The standard InChI is InChI=1S/C19H15N3O5/c1-12-9-16(22(25)26)5-8-18(12)21-19(24)15(11-20)10-14-3-6-17(7-4-14)27-13(2)23/h3-10H,1-2H3,(H,21,24). The predicted octanol–water partition coefficient (Wildman–Crippen LogP) is 3.37. The van der Waals surface area contributed by atoms with E-state index in [-0.39, 0.29) is 11.3 Å². The minimum atomic E-state index is -0.640. The fourth-order valence-corrected chi connectivity index (χ4v) is 2.20. The first kappa shape index (κ1) is 19.3. The van der Waals surface area contributed by atoms with Gasteiger partial charge in [0, 0.05) is 24.7 Å². The average Bonchev–Trinajstić information content (AvgIpc) is 2.62. The molecule has 0 saturated carbocycles. The van der Waals surface area contributed by atoms with Gasteiger partial charge in [-0.25, -0.2) is 0 Å². The number of nitrogens with zero attached hydrogens (tertiary/aromatic N) is 2. The second-order valence-corrected chi connectivity index (χ2v) is 5.54. The molecule has 0 aliphatic carbocycles. The largest absolute Gasteiger partial charge is 0.427 e. The summed E-state index contributed by atoms with van der Waals surface area (Å²) in [5, 5.41) is 22.6. The van der Waals surface area contributed by atoms with Crippen LogP contribution in [0.5, 0.6) is 5.75 Å². The first-order valence-corrected chi connectivity index (χ1v) is 7.77. The molecule has 0 bridgehead atoms. The third-order valence-electron chi connectivity index (χ3n) is 3.49. The smallest absolute Gasteiger partial charge is 0.308 e. The highest BCUT2D eigenvalue weighted by atomic mass is 16.6. The molecule has 1 N–H and O–H groups in total. The normalized spacial score (nSPS) is 10.6. The number of non-ortho nitro benzene ring substituents is 1. The summed E-state index contributed by atoms with van der Waals surface area (Å²) < 4.78 is 4.91. The molecule has 0 spiro atoms. The number of nitrogens with one attached hydrogen (secondary N) is 1. The van der Waals surface area contributed by atoms with Crippen molar-refractivity contribution in [2.24, 2.45) is 0 Å². The van der Waals surface area contributed by atoms with E-state index in [1.165, 1.54) is 31.2 Å². The van der Waals surface area contributed by atoms with Gasteiger partial charge >= 0.3 is 5.97 Å². The molecular formula is C19H15N3O5. The molecule has 2 rings (SSSR count). The molecule has 0 aliphatic rings. The SMILES string of the molecule is CC(=O)Oc1ccc(C=C(C#N)C(=O)Nc2ccc([N+](=O)[O-])cc2C)cc1. The van der Waals surface area contributed by atoms with E-state index < -0.39 is 16.8 Å². The van der Waals surface area contributed by atoms with Crippen molar-refractivity contribution < 1.29 is 19.2 Å². The Morgan fingerprint density at radius 2 is 1.89 bits per heavy atom. The van der Waals surface area contributed by atoms with Crippen LogP contribution < -0.4 is 10.1 Å². The lowest BCUT2D eigenvalue weighted by molar-refractivity contribution is -0.384. The van der Waals surface area contributed by atoms with Gasteiger partial charge in [-0.05, 0) is 42.3 Å². The van der Waals surface area contributed by atoms with E-state index in [0.717, 1.165) is 0 Å². The molecule has 8 heteroatoms. The van der Waals surface area contributed by atoms with Crippen LogP contribution in [-0.4, -0.2) is 16.8 Å². The lowest BCUT2D eigenvalue weighted by atomic mass is 10.1. The number of anilines is 1. The lowest BCUT2D eigenvalue weighted by Crippen LogP contribution is -2.14. The van der Waals surface area contributed by atoms with Crippen molar-refractivity contribution in [2.45, 2.75) is 13.8 Å². The molecule has 1 amide bonds. The number of aryl methyl sites for hydroxylation is 1. The number of carbonyl (C=O) groups is 2. The molecule has 0 aromatic heterocycles. The highest BCUT2D eigenvalue weighted by Crippen LogP contribution is 2.22. The number of hydrogen-bond acceptors (Lipinski definition) is 6. The monoisotopic (exact) mass is 365 g/mol. The average molecular weight is 365 g/mol. The van der Waals surface area contributed by atoms with Crippen molar-refractivity contribution in [3.8, 4) is 11.8 Å². The lowest BCUT2D eigenvalue weighted by Gasteiger charge is -2.07. The highest BCUT2D eigenvalue weighted by molar-refractivity contribution is 6.10. The number of esters is 1. The zero-order chi connectivity index (χ0) is 20.0. The van der Waals surface area contributed by atoms with Crippen LogP contribution in [0.15, 0.2) is 48.0 Å². The van der Waals surface area contributed by atoms with Crippen molar-refractivity contribution in [3.63, 3.8) is 0 Å². The number of benzene rings is 2. The molecule has 0 radical (unpaired) electrons. The van der Waals surface area contributed by atoms with Crippen LogP contribution >= 0.6 is 0 Å². The maximum atomic E-state index is 12.3. The van der Waals surface area contributed by atoms with E-state index in [9.17, 15) is 25.0 Å². The minimum absolute atomic E-state index is 0.0885. The predicted molar refractivity (Wildman–Crippen MR) is 97.8 cm³/mol. The zero-order valence-electron chi connectivity index (χ0n) is 14.6. The maximum Gasteiger partial charge on any atom is 0.308 e. The summed E-state index contributed by atoms with van der Waals surface area (Å²) in [7, 11) is 0. The van der Waals surface area contributed by atoms with Gasteiger partial charge in [0.15, 0.2) is 0 Å². The maximum absolute atomic E-state index is 12.3. The molecule has 0 heterocycles. The summed E-state index contributed by atoms with van der Waals surface area (Å²) in [5.74, 6) is -0.739. The molecule has 0 saturated heterocycles. The van der Waals surface area contributed by atoms with E-state index in [1.807, 2.05) is 6.07 Å². The zero-order valence-corrected chi connectivity index (χ0v) is 14.6. The summed E-state index contributed by atoms with van der Waals surface area (Å²) in [4.78, 5) is 33.5. The molecule has 0 aliphatic heterocycles. The topological polar surface area (TPSA) is 122 Å². The molecule has 2 aromatic rings. The Hall–Kier alpha value is -3.99. The summed E-state index contributed by atoms with van der Waals surface area (Å²) in [6.07, 6.45) is 1.38. The molecule has 0 fully saturated rings.